The summed E-state index contributed by atoms with van der Waals surface area (Å²) in [6.07, 6.45) is 1.80. The van der Waals surface area contributed by atoms with E-state index in [1.54, 1.807) is 0 Å². The SMILES string of the molecule is CCC(CC)C(=O)NCc1c(C)[nH]c2ccccc12. The second kappa shape index (κ2) is 5.91. The summed E-state index contributed by atoms with van der Waals surface area (Å²) in [5.41, 5.74) is 3.45. The van der Waals surface area contributed by atoms with Crippen LogP contribution in [-0.4, -0.2) is 10.9 Å². The van der Waals surface area contributed by atoms with Gasteiger partial charge in [-0.1, -0.05) is 32.0 Å². The van der Waals surface area contributed by atoms with Gasteiger partial charge < -0.3 is 10.3 Å². The second-order valence-electron chi connectivity index (χ2n) is 5.01. The summed E-state index contributed by atoms with van der Waals surface area (Å²) in [6.45, 7) is 6.78. The molecule has 2 aromatic rings. The van der Waals surface area contributed by atoms with Crippen molar-refractivity contribution in [3.05, 3.63) is 35.5 Å². The van der Waals surface area contributed by atoms with Crippen molar-refractivity contribution < 1.29 is 4.79 Å². The van der Waals surface area contributed by atoms with Gasteiger partial charge in [0.25, 0.3) is 0 Å². The Labute approximate surface area is 114 Å². The number of amides is 1. The van der Waals surface area contributed by atoms with Gasteiger partial charge in [0.2, 0.25) is 5.91 Å². The maximum absolute atomic E-state index is 12.0. The summed E-state index contributed by atoms with van der Waals surface area (Å²) >= 11 is 0. The highest BCUT2D eigenvalue weighted by molar-refractivity contribution is 5.85. The molecule has 0 aliphatic carbocycles. The molecule has 1 amide bonds. The molecule has 19 heavy (non-hydrogen) atoms. The molecule has 0 atom stereocenters. The first kappa shape index (κ1) is 13.7. The summed E-state index contributed by atoms with van der Waals surface area (Å²) in [4.78, 5) is 15.4. The molecule has 102 valence electrons. The van der Waals surface area contributed by atoms with E-state index in [2.05, 4.69) is 43.2 Å². The number of carbonyl (C=O) groups excluding carboxylic acids is 1. The monoisotopic (exact) mass is 258 g/mol. The molecular formula is C16H22N2O. The summed E-state index contributed by atoms with van der Waals surface area (Å²) in [5.74, 6) is 0.292. The van der Waals surface area contributed by atoms with Gasteiger partial charge in [-0.15, -0.1) is 0 Å². The molecule has 0 radical (unpaired) electrons. The summed E-state index contributed by atoms with van der Waals surface area (Å²) < 4.78 is 0. The van der Waals surface area contributed by atoms with Crippen LogP contribution >= 0.6 is 0 Å². The maximum Gasteiger partial charge on any atom is 0.223 e. The third-order valence-corrected chi connectivity index (χ3v) is 3.82. The van der Waals surface area contributed by atoms with E-state index < -0.39 is 0 Å². The molecule has 0 saturated heterocycles. The predicted molar refractivity (Wildman–Crippen MR) is 79.0 cm³/mol. The lowest BCUT2D eigenvalue weighted by Gasteiger charge is -2.12. The number of fused-ring (bicyclic) bond motifs is 1. The van der Waals surface area contributed by atoms with E-state index >= 15 is 0 Å². The highest BCUT2D eigenvalue weighted by Gasteiger charge is 2.15. The number of aromatic nitrogens is 1. The van der Waals surface area contributed by atoms with Crippen molar-refractivity contribution in [2.75, 3.05) is 0 Å². The van der Waals surface area contributed by atoms with Gasteiger partial charge in [-0.2, -0.15) is 0 Å². The number of hydrogen-bond acceptors (Lipinski definition) is 1. The fraction of sp³-hybridized carbons (Fsp3) is 0.438. The van der Waals surface area contributed by atoms with Crippen LogP contribution in [-0.2, 0) is 11.3 Å². The van der Waals surface area contributed by atoms with Crippen LogP contribution in [0.4, 0.5) is 0 Å². The Kier molecular flexibility index (Phi) is 4.25. The van der Waals surface area contributed by atoms with Crippen molar-refractivity contribution in [2.24, 2.45) is 5.92 Å². The largest absolute Gasteiger partial charge is 0.358 e. The van der Waals surface area contributed by atoms with Crippen molar-refractivity contribution >= 4 is 16.8 Å². The van der Waals surface area contributed by atoms with E-state index in [0.717, 1.165) is 24.1 Å². The first-order valence-corrected chi connectivity index (χ1v) is 7.01. The van der Waals surface area contributed by atoms with Crippen LogP contribution in [0.3, 0.4) is 0 Å². The molecular weight excluding hydrogens is 236 g/mol. The van der Waals surface area contributed by atoms with E-state index in [-0.39, 0.29) is 11.8 Å². The number of hydrogen-bond donors (Lipinski definition) is 2. The summed E-state index contributed by atoms with van der Waals surface area (Å²) in [7, 11) is 0. The van der Waals surface area contributed by atoms with E-state index in [4.69, 9.17) is 0 Å². The fourth-order valence-corrected chi connectivity index (χ4v) is 2.54. The molecule has 3 heteroatoms. The number of H-pyrrole nitrogens is 1. The number of carbonyl (C=O) groups is 1. The Morgan fingerprint density at radius 2 is 1.95 bits per heavy atom. The molecule has 0 fully saturated rings. The second-order valence-corrected chi connectivity index (χ2v) is 5.01. The Morgan fingerprint density at radius 3 is 2.63 bits per heavy atom. The minimum absolute atomic E-state index is 0.130. The zero-order valence-electron chi connectivity index (χ0n) is 11.9. The van der Waals surface area contributed by atoms with Gasteiger partial charge in [-0.05, 0) is 31.4 Å². The molecule has 1 heterocycles. The number of rotatable bonds is 5. The molecule has 0 bridgehead atoms. The minimum atomic E-state index is 0.130. The van der Waals surface area contributed by atoms with Gasteiger partial charge in [0, 0.05) is 29.1 Å². The zero-order valence-corrected chi connectivity index (χ0v) is 11.9. The van der Waals surface area contributed by atoms with Crippen molar-refractivity contribution in [3.63, 3.8) is 0 Å². The fourth-order valence-electron chi connectivity index (χ4n) is 2.54. The van der Waals surface area contributed by atoms with Gasteiger partial charge in [0.05, 0.1) is 0 Å². The normalized spacial score (nSPS) is 11.2. The average molecular weight is 258 g/mol. The standard InChI is InChI=1S/C16H22N2O/c1-4-12(5-2)16(19)17-10-14-11(3)18-15-9-7-6-8-13(14)15/h6-9,12,18H,4-5,10H2,1-3H3,(H,17,19). The molecule has 0 unspecified atom stereocenters. The minimum Gasteiger partial charge on any atom is -0.358 e. The number of benzene rings is 1. The van der Waals surface area contributed by atoms with Crippen LogP contribution in [0, 0.1) is 12.8 Å². The van der Waals surface area contributed by atoms with Crippen LogP contribution in [0.1, 0.15) is 37.9 Å². The molecule has 2 rings (SSSR count). The van der Waals surface area contributed by atoms with Crippen LogP contribution < -0.4 is 5.32 Å². The molecule has 2 N–H and O–H groups in total. The predicted octanol–water partition coefficient (Wildman–Crippen LogP) is 3.53. The van der Waals surface area contributed by atoms with Crippen LogP contribution in [0.25, 0.3) is 10.9 Å². The summed E-state index contributed by atoms with van der Waals surface area (Å²) in [5, 5.41) is 4.26. The number of aromatic amines is 1. The molecule has 3 nitrogen and oxygen atoms in total. The first-order valence-electron chi connectivity index (χ1n) is 7.01. The molecule has 0 aliphatic rings. The number of aryl methyl sites for hydroxylation is 1. The first-order chi connectivity index (χ1) is 9.17. The van der Waals surface area contributed by atoms with Crippen molar-refractivity contribution in [1.82, 2.24) is 10.3 Å². The highest BCUT2D eigenvalue weighted by Crippen LogP contribution is 2.21. The Hall–Kier alpha value is -1.77. The van der Waals surface area contributed by atoms with Gasteiger partial charge in [-0.3, -0.25) is 4.79 Å². The molecule has 0 aliphatic heterocycles. The smallest absolute Gasteiger partial charge is 0.223 e. The molecule has 0 spiro atoms. The van der Waals surface area contributed by atoms with Crippen LogP contribution in [0.2, 0.25) is 0 Å². The Morgan fingerprint density at radius 1 is 1.26 bits per heavy atom. The lowest BCUT2D eigenvalue weighted by atomic mass is 10.0. The lowest BCUT2D eigenvalue weighted by Crippen LogP contribution is -2.29. The Bertz CT molecular complexity index is 567. The molecule has 1 aromatic carbocycles. The van der Waals surface area contributed by atoms with E-state index in [9.17, 15) is 4.79 Å². The number of nitrogens with one attached hydrogen (secondary N) is 2. The lowest BCUT2D eigenvalue weighted by molar-refractivity contribution is -0.125. The topological polar surface area (TPSA) is 44.9 Å². The van der Waals surface area contributed by atoms with Crippen LogP contribution in [0.5, 0.6) is 0 Å². The van der Waals surface area contributed by atoms with Crippen molar-refractivity contribution in [3.8, 4) is 0 Å². The van der Waals surface area contributed by atoms with E-state index in [0.29, 0.717) is 6.54 Å². The van der Waals surface area contributed by atoms with Crippen LogP contribution in [0.15, 0.2) is 24.3 Å². The number of para-hydroxylation sites is 1. The molecule has 0 saturated carbocycles. The third kappa shape index (κ3) is 2.80. The highest BCUT2D eigenvalue weighted by atomic mass is 16.1. The Balaban J connectivity index is 2.14. The van der Waals surface area contributed by atoms with Gasteiger partial charge >= 0.3 is 0 Å². The quantitative estimate of drug-likeness (QED) is 0.846. The summed E-state index contributed by atoms with van der Waals surface area (Å²) in [6, 6.07) is 8.21. The van der Waals surface area contributed by atoms with Crippen molar-refractivity contribution in [2.45, 2.75) is 40.2 Å². The third-order valence-electron chi connectivity index (χ3n) is 3.82. The zero-order chi connectivity index (χ0) is 13.8. The molecule has 1 aromatic heterocycles. The van der Waals surface area contributed by atoms with E-state index in [1.165, 1.54) is 10.9 Å². The van der Waals surface area contributed by atoms with Gasteiger partial charge in [-0.25, -0.2) is 0 Å². The van der Waals surface area contributed by atoms with E-state index in [1.807, 2.05) is 12.1 Å². The average Bonchev–Trinajstić information content (AvgIpc) is 2.73. The van der Waals surface area contributed by atoms with Gasteiger partial charge in [0.15, 0.2) is 0 Å². The van der Waals surface area contributed by atoms with Crippen molar-refractivity contribution in [1.29, 1.82) is 0 Å². The maximum atomic E-state index is 12.0. The van der Waals surface area contributed by atoms with Gasteiger partial charge in [0.1, 0.15) is 0 Å².